The Morgan fingerprint density at radius 2 is 0.639 bits per heavy atom. The van der Waals surface area contributed by atoms with Gasteiger partial charge in [0.25, 0.3) is 0 Å². The van der Waals surface area contributed by atoms with E-state index in [0.29, 0.717) is 0 Å². The quantitative estimate of drug-likeness (QED) is 0.129. The molecule has 14 aromatic rings. The third-order valence-corrected chi connectivity index (χ3v) is 17.6. The van der Waals surface area contributed by atoms with Crippen molar-refractivity contribution in [2.75, 3.05) is 9.80 Å². The van der Waals surface area contributed by atoms with E-state index in [1.54, 1.807) is 0 Å². The maximum Gasteiger partial charge on any atom is 0.135 e. The molecule has 0 radical (unpaired) electrons. The Hall–Kier alpha value is -10.7. The molecule has 16 rings (SSSR count). The van der Waals surface area contributed by atoms with Crippen LogP contribution in [0.4, 0.5) is 34.1 Å². The van der Waals surface area contributed by atoms with Crippen molar-refractivity contribution in [1.82, 2.24) is 0 Å². The van der Waals surface area contributed by atoms with Crippen LogP contribution in [0.5, 0.6) is 0 Å². The third-order valence-electron chi connectivity index (χ3n) is 17.6. The van der Waals surface area contributed by atoms with Crippen LogP contribution in [-0.4, -0.2) is 0 Å². The highest BCUT2D eigenvalue weighted by atomic mass is 16.3. The van der Waals surface area contributed by atoms with Crippen LogP contribution in [0.15, 0.2) is 332 Å². The Morgan fingerprint density at radius 3 is 1.27 bits per heavy atom. The van der Waals surface area contributed by atoms with Gasteiger partial charge in [-0.2, -0.15) is 0 Å². The fourth-order valence-corrected chi connectivity index (χ4v) is 14.2. The summed E-state index contributed by atoms with van der Waals surface area (Å²) in [6.45, 7) is 0. The van der Waals surface area contributed by atoms with Gasteiger partial charge in [-0.15, -0.1) is 0 Å². The van der Waals surface area contributed by atoms with Crippen molar-refractivity contribution in [3.8, 4) is 33.4 Å². The van der Waals surface area contributed by atoms with Crippen LogP contribution in [0, 0.1) is 0 Å². The van der Waals surface area contributed by atoms with E-state index in [1.165, 1.54) is 66.8 Å². The average molecular weight is 1060 g/mol. The number of para-hydroxylation sites is 2. The predicted octanol–water partition coefficient (Wildman–Crippen LogP) is 20.9. The first-order valence-corrected chi connectivity index (χ1v) is 28.6. The van der Waals surface area contributed by atoms with Gasteiger partial charge in [0.2, 0.25) is 0 Å². The second kappa shape index (κ2) is 19.5. The molecule has 0 saturated carbocycles. The number of nitrogens with zero attached hydrogens (tertiary/aromatic N) is 2. The van der Waals surface area contributed by atoms with Gasteiger partial charge in [-0.05, 0) is 145 Å². The van der Waals surface area contributed by atoms with Crippen molar-refractivity contribution in [3.05, 3.63) is 372 Å². The molecule has 0 aliphatic heterocycles. The molecule has 0 N–H and O–H groups in total. The third kappa shape index (κ3) is 7.45. The first-order valence-electron chi connectivity index (χ1n) is 28.6. The molecule has 13 aromatic carbocycles. The van der Waals surface area contributed by atoms with Gasteiger partial charge in [0.05, 0.1) is 16.5 Å². The molecular weight excluding hydrogens is 1000 g/mol. The van der Waals surface area contributed by atoms with E-state index in [4.69, 9.17) is 4.42 Å². The lowest BCUT2D eigenvalue weighted by Crippen LogP contribution is -2.28. The first-order chi connectivity index (χ1) is 41.2. The maximum atomic E-state index is 6.50. The van der Waals surface area contributed by atoms with E-state index in [2.05, 4.69) is 331 Å². The van der Waals surface area contributed by atoms with Gasteiger partial charge in [-0.3, -0.25) is 0 Å². The van der Waals surface area contributed by atoms with Crippen molar-refractivity contribution < 1.29 is 4.42 Å². The standard InChI is InChI=1S/C80H54N2O/c1-5-25-55(26-6-1)65-37-16-21-45-76(65)82(60-34-23-33-59(51-60)80(58-31-11-4-12-32-58)72-42-18-13-38-66(72)67-39-14-19-43-73(67)80)62-36-24-35-61(52-62)81(64-48-50-78-71(54-64)69-41-17-22-46-77(69)83-78)63-47-49-75-70(53-63)68-40-15-20-44-74(68)79(75,56-27-7-2-8-28-56)57-29-9-3-10-30-57/h1-54H. The van der Waals surface area contributed by atoms with Gasteiger partial charge in [-0.25, -0.2) is 0 Å². The number of hydrogen-bond donors (Lipinski definition) is 0. The maximum absolute atomic E-state index is 6.50. The molecule has 2 aliphatic carbocycles. The lowest BCUT2D eigenvalue weighted by Gasteiger charge is -2.35. The number of fused-ring (bicyclic) bond motifs is 9. The molecule has 0 amide bonds. The van der Waals surface area contributed by atoms with Crippen LogP contribution in [0.1, 0.15) is 44.5 Å². The highest BCUT2D eigenvalue weighted by Gasteiger charge is 2.48. The smallest absolute Gasteiger partial charge is 0.135 e. The Bertz CT molecular complexity index is 4670. The van der Waals surface area contributed by atoms with Gasteiger partial charge in [0.1, 0.15) is 11.2 Å². The molecule has 0 saturated heterocycles. The van der Waals surface area contributed by atoms with Crippen LogP contribution >= 0.6 is 0 Å². The van der Waals surface area contributed by atoms with Crippen LogP contribution < -0.4 is 9.80 Å². The summed E-state index contributed by atoms with van der Waals surface area (Å²) < 4.78 is 6.50. The second-order valence-electron chi connectivity index (χ2n) is 21.9. The molecule has 3 nitrogen and oxygen atoms in total. The summed E-state index contributed by atoms with van der Waals surface area (Å²) in [5.74, 6) is 0. The van der Waals surface area contributed by atoms with Crippen molar-refractivity contribution >= 4 is 56.1 Å². The summed E-state index contributed by atoms with van der Waals surface area (Å²) >= 11 is 0. The van der Waals surface area contributed by atoms with E-state index < -0.39 is 10.8 Å². The van der Waals surface area contributed by atoms with Crippen LogP contribution in [0.25, 0.3) is 55.3 Å². The molecule has 83 heavy (non-hydrogen) atoms. The summed E-state index contributed by atoms with van der Waals surface area (Å²) in [5.41, 5.74) is 24.0. The van der Waals surface area contributed by atoms with Gasteiger partial charge >= 0.3 is 0 Å². The lowest BCUT2D eigenvalue weighted by molar-refractivity contribution is 0.669. The molecule has 0 bridgehead atoms. The van der Waals surface area contributed by atoms with Crippen LogP contribution in [0.3, 0.4) is 0 Å². The Labute approximate surface area is 483 Å². The summed E-state index contributed by atoms with van der Waals surface area (Å²) in [6, 6.07) is 120. The normalized spacial score (nSPS) is 13.3. The number of benzene rings is 13. The van der Waals surface area contributed by atoms with E-state index in [1.807, 2.05) is 6.07 Å². The van der Waals surface area contributed by atoms with Crippen molar-refractivity contribution in [2.24, 2.45) is 0 Å². The Kier molecular flexibility index (Phi) is 11.3. The average Bonchev–Trinajstić information content (AvgIpc) is 3.37. The highest BCUT2D eigenvalue weighted by Crippen LogP contribution is 2.59. The zero-order chi connectivity index (χ0) is 54.9. The SMILES string of the molecule is c1ccc(-c2ccccc2N(c2cccc(N(c3ccc4c(c3)-c3ccccc3C4(c3ccccc3)c3ccccc3)c3ccc4oc5ccccc5c4c3)c2)c2cccc(C3(c4ccccc4)c4ccccc4-c4ccccc43)c2)cc1. The minimum absolute atomic E-state index is 0.532. The van der Waals surface area contributed by atoms with Crippen LogP contribution in [-0.2, 0) is 10.8 Å². The minimum atomic E-state index is -0.589. The zero-order valence-corrected chi connectivity index (χ0v) is 45.5. The summed E-state index contributed by atoms with van der Waals surface area (Å²) in [6.07, 6.45) is 0. The molecule has 0 atom stereocenters. The summed E-state index contributed by atoms with van der Waals surface area (Å²) in [4.78, 5) is 4.91. The predicted molar refractivity (Wildman–Crippen MR) is 343 cm³/mol. The first kappa shape index (κ1) is 48.2. The molecule has 390 valence electrons. The number of hydrogen-bond acceptors (Lipinski definition) is 3. The fourth-order valence-electron chi connectivity index (χ4n) is 14.2. The minimum Gasteiger partial charge on any atom is -0.456 e. The molecule has 0 fully saturated rings. The van der Waals surface area contributed by atoms with E-state index in [0.717, 1.165) is 67.2 Å². The molecule has 1 heterocycles. The number of anilines is 6. The number of rotatable bonds is 11. The molecule has 1 aromatic heterocycles. The van der Waals surface area contributed by atoms with E-state index >= 15 is 0 Å². The van der Waals surface area contributed by atoms with Crippen LogP contribution in [0.2, 0.25) is 0 Å². The molecular formula is C80H54N2O. The summed E-state index contributed by atoms with van der Waals surface area (Å²) in [5, 5.41) is 2.15. The van der Waals surface area contributed by atoms with Gasteiger partial charge in [0.15, 0.2) is 0 Å². The fraction of sp³-hybridized carbons (Fsp3) is 0.0250. The largest absolute Gasteiger partial charge is 0.456 e. The Balaban J connectivity index is 0.932. The van der Waals surface area contributed by atoms with Gasteiger partial charge in [-0.1, -0.05) is 255 Å². The second-order valence-corrected chi connectivity index (χ2v) is 21.9. The highest BCUT2D eigenvalue weighted by molar-refractivity contribution is 6.07. The Morgan fingerprint density at radius 1 is 0.229 bits per heavy atom. The van der Waals surface area contributed by atoms with Crippen molar-refractivity contribution in [1.29, 1.82) is 0 Å². The molecule has 2 aliphatic rings. The monoisotopic (exact) mass is 1060 g/mol. The summed E-state index contributed by atoms with van der Waals surface area (Å²) in [7, 11) is 0. The van der Waals surface area contributed by atoms with Gasteiger partial charge < -0.3 is 14.2 Å². The number of furan rings is 1. The van der Waals surface area contributed by atoms with E-state index in [9.17, 15) is 0 Å². The topological polar surface area (TPSA) is 19.6 Å². The van der Waals surface area contributed by atoms with E-state index in [-0.39, 0.29) is 0 Å². The van der Waals surface area contributed by atoms with Crippen molar-refractivity contribution in [2.45, 2.75) is 10.8 Å². The van der Waals surface area contributed by atoms with Gasteiger partial charge in [0, 0.05) is 44.8 Å². The molecule has 0 spiro atoms. The molecule has 3 heteroatoms. The lowest BCUT2D eigenvalue weighted by atomic mass is 9.67. The molecule has 0 unspecified atom stereocenters. The van der Waals surface area contributed by atoms with Crippen molar-refractivity contribution in [3.63, 3.8) is 0 Å². The zero-order valence-electron chi connectivity index (χ0n) is 45.5.